The highest BCUT2D eigenvalue weighted by atomic mass is 19.4. The van der Waals surface area contributed by atoms with E-state index in [-0.39, 0.29) is 18.8 Å². The Morgan fingerprint density at radius 2 is 1.63 bits per heavy atom. The van der Waals surface area contributed by atoms with Crippen LogP contribution < -0.4 is 9.47 Å². The molecule has 0 N–H and O–H groups in total. The Hall–Kier alpha value is -2.46. The van der Waals surface area contributed by atoms with Gasteiger partial charge in [0.25, 0.3) is 0 Å². The monoisotopic (exact) mass is 506 g/mol. The lowest BCUT2D eigenvalue weighted by atomic mass is 9.92. The summed E-state index contributed by atoms with van der Waals surface area (Å²) in [4.78, 5) is 0. The molecule has 0 amide bonds. The van der Waals surface area contributed by atoms with Crippen molar-refractivity contribution in [2.75, 3.05) is 19.8 Å². The van der Waals surface area contributed by atoms with Crippen molar-refractivity contribution in [3.63, 3.8) is 0 Å². The fraction of sp³-hybridized carbons (Fsp3) is 0.520. The Labute approximate surface area is 200 Å². The second kappa shape index (κ2) is 11.5. The smallest absolute Gasteiger partial charge is 0.426 e. The number of ether oxygens (including phenoxy) is 4. The van der Waals surface area contributed by atoms with Crippen molar-refractivity contribution in [3.8, 4) is 11.5 Å². The normalized spacial score (nSPS) is 19.0. The Morgan fingerprint density at radius 3 is 2.20 bits per heavy atom. The minimum absolute atomic E-state index is 0.0116. The summed E-state index contributed by atoms with van der Waals surface area (Å²) in [5.74, 6) is -4.01. The number of hydrogen-bond acceptors (Lipinski definition) is 4. The van der Waals surface area contributed by atoms with Crippen molar-refractivity contribution in [3.05, 3.63) is 58.9 Å². The highest BCUT2D eigenvalue weighted by Crippen LogP contribution is 2.43. The molecule has 0 spiro atoms. The van der Waals surface area contributed by atoms with Gasteiger partial charge in [0.15, 0.2) is 17.9 Å². The summed E-state index contributed by atoms with van der Waals surface area (Å²) in [5, 5.41) is 0. The molecular formula is C25H28F6O4. The van der Waals surface area contributed by atoms with E-state index in [1.807, 2.05) is 0 Å². The summed E-state index contributed by atoms with van der Waals surface area (Å²) in [6.07, 6.45) is -6.12. The molecule has 1 aliphatic rings. The molecule has 0 aliphatic carbocycles. The van der Waals surface area contributed by atoms with E-state index in [4.69, 9.17) is 14.2 Å². The van der Waals surface area contributed by atoms with Gasteiger partial charge < -0.3 is 18.9 Å². The van der Waals surface area contributed by atoms with Crippen molar-refractivity contribution in [2.45, 2.75) is 64.0 Å². The van der Waals surface area contributed by atoms with Crippen LogP contribution in [0.4, 0.5) is 26.3 Å². The number of unbranched alkanes of at least 4 members (excludes halogenated alkanes) is 1. The number of alkyl halides is 5. The van der Waals surface area contributed by atoms with Crippen molar-refractivity contribution in [2.24, 2.45) is 0 Å². The minimum atomic E-state index is -5.16. The van der Waals surface area contributed by atoms with E-state index in [2.05, 4.69) is 11.7 Å². The zero-order chi connectivity index (χ0) is 25.6. The first-order chi connectivity index (χ1) is 16.6. The van der Waals surface area contributed by atoms with Crippen LogP contribution in [0.2, 0.25) is 0 Å². The first kappa shape index (κ1) is 27.1. The average molecular weight is 506 g/mol. The van der Waals surface area contributed by atoms with Crippen LogP contribution in [0, 0.1) is 5.82 Å². The summed E-state index contributed by atoms with van der Waals surface area (Å²) in [6, 6.07) is 6.62. The third kappa shape index (κ3) is 6.82. The maximum Gasteiger partial charge on any atom is 0.426 e. The van der Waals surface area contributed by atoms with E-state index in [0.717, 1.165) is 43.0 Å². The molecule has 2 unspecified atom stereocenters. The van der Waals surface area contributed by atoms with Gasteiger partial charge in [-0.1, -0.05) is 25.5 Å². The third-order valence-electron chi connectivity index (χ3n) is 5.64. The van der Waals surface area contributed by atoms with Gasteiger partial charge in [0.05, 0.1) is 18.8 Å². The van der Waals surface area contributed by atoms with Crippen molar-refractivity contribution in [1.29, 1.82) is 0 Å². The minimum Gasteiger partial charge on any atom is -0.493 e. The Balaban J connectivity index is 1.70. The largest absolute Gasteiger partial charge is 0.493 e. The summed E-state index contributed by atoms with van der Waals surface area (Å²) >= 11 is 0. The Kier molecular flexibility index (Phi) is 8.93. The van der Waals surface area contributed by atoms with Crippen LogP contribution in [-0.2, 0) is 21.8 Å². The highest BCUT2D eigenvalue weighted by Gasteiger charge is 2.42. The quantitative estimate of drug-likeness (QED) is 0.248. The lowest BCUT2D eigenvalue weighted by Crippen LogP contribution is -2.27. The molecule has 1 aliphatic heterocycles. The average Bonchev–Trinajstić information content (AvgIpc) is 2.81. The molecule has 1 saturated heterocycles. The molecule has 1 fully saturated rings. The molecule has 2 aromatic rings. The van der Waals surface area contributed by atoms with E-state index in [1.165, 1.54) is 19.1 Å². The van der Waals surface area contributed by atoms with Crippen LogP contribution in [0.5, 0.6) is 11.5 Å². The molecule has 2 aromatic carbocycles. The van der Waals surface area contributed by atoms with Crippen LogP contribution >= 0.6 is 0 Å². The first-order valence-electron chi connectivity index (χ1n) is 11.5. The fourth-order valence-electron chi connectivity index (χ4n) is 3.79. The summed E-state index contributed by atoms with van der Waals surface area (Å²) in [7, 11) is 0. The van der Waals surface area contributed by atoms with Crippen LogP contribution in [0.25, 0.3) is 0 Å². The van der Waals surface area contributed by atoms with Crippen LogP contribution in [-0.4, -0.2) is 26.1 Å². The van der Waals surface area contributed by atoms with Crippen molar-refractivity contribution < 1.29 is 45.3 Å². The van der Waals surface area contributed by atoms with E-state index in [0.29, 0.717) is 25.7 Å². The summed E-state index contributed by atoms with van der Waals surface area (Å²) in [6.45, 7) is 4.31. The van der Waals surface area contributed by atoms with Crippen molar-refractivity contribution >= 4 is 0 Å². The first-order valence-corrected chi connectivity index (χ1v) is 11.5. The molecule has 4 nitrogen and oxygen atoms in total. The predicted octanol–water partition coefficient (Wildman–Crippen LogP) is 7.41. The maximum absolute atomic E-state index is 14.7. The van der Waals surface area contributed by atoms with Gasteiger partial charge in [0.2, 0.25) is 0 Å². The van der Waals surface area contributed by atoms with Gasteiger partial charge in [-0.25, -0.2) is 4.39 Å². The second-order valence-corrected chi connectivity index (χ2v) is 8.18. The summed E-state index contributed by atoms with van der Waals surface area (Å²) in [5.41, 5.74) is -1.65. The molecule has 194 valence electrons. The molecule has 1 heterocycles. The standard InChI is InChI=1S/C25H28F6O4/c1-3-5-14-33-21-13-8-17(15-34-21)16-6-9-18(10-7-16)25(30,31)35-20-12-11-19(32-4-2)22(23(20)26)24(27,28)29/h6-7,9-12,17,21H,3-5,8,13-15H2,1-2H3. The molecule has 35 heavy (non-hydrogen) atoms. The van der Waals surface area contributed by atoms with E-state index in [9.17, 15) is 26.3 Å². The SMILES string of the molecule is CCCCOC1CCC(c2ccc(C(F)(F)Oc3ccc(OCC)c(C(F)(F)F)c3F)cc2)CO1. The molecule has 10 heteroatoms. The van der Waals surface area contributed by atoms with Crippen LogP contribution in [0.3, 0.4) is 0 Å². The Bertz CT molecular complexity index is 954. The second-order valence-electron chi connectivity index (χ2n) is 8.18. The third-order valence-corrected chi connectivity index (χ3v) is 5.64. The molecule has 0 aromatic heterocycles. The molecule has 0 radical (unpaired) electrons. The van der Waals surface area contributed by atoms with Crippen LogP contribution in [0.15, 0.2) is 36.4 Å². The van der Waals surface area contributed by atoms with E-state index < -0.39 is 40.7 Å². The zero-order valence-electron chi connectivity index (χ0n) is 19.5. The molecule has 0 saturated carbocycles. The van der Waals surface area contributed by atoms with Gasteiger partial charge in [0, 0.05) is 12.5 Å². The fourth-order valence-corrected chi connectivity index (χ4v) is 3.79. The van der Waals surface area contributed by atoms with Gasteiger partial charge in [0.1, 0.15) is 11.3 Å². The topological polar surface area (TPSA) is 36.9 Å². The maximum atomic E-state index is 14.7. The summed E-state index contributed by atoms with van der Waals surface area (Å²) < 4.78 is 105. The molecule has 3 rings (SSSR count). The lowest BCUT2D eigenvalue weighted by Gasteiger charge is -2.29. The predicted molar refractivity (Wildman–Crippen MR) is 116 cm³/mol. The zero-order valence-corrected chi connectivity index (χ0v) is 19.5. The number of halogens is 6. The van der Waals surface area contributed by atoms with Gasteiger partial charge in [-0.2, -0.15) is 22.0 Å². The van der Waals surface area contributed by atoms with E-state index >= 15 is 0 Å². The number of hydrogen-bond donors (Lipinski definition) is 0. The molecule has 2 atom stereocenters. The van der Waals surface area contributed by atoms with Gasteiger partial charge in [-0.15, -0.1) is 0 Å². The van der Waals surface area contributed by atoms with Crippen LogP contribution in [0.1, 0.15) is 62.1 Å². The Morgan fingerprint density at radius 1 is 0.943 bits per heavy atom. The number of rotatable bonds is 10. The highest BCUT2D eigenvalue weighted by molar-refractivity contribution is 5.44. The van der Waals surface area contributed by atoms with E-state index in [1.54, 1.807) is 0 Å². The van der Waals surface area contributed by atoms with Gasteiger partial charge >= 0.3 is 12.3 Å². The number of benzene rings is 2. The van der Waals surface area contributed by atoms with Gasteiger partial charge in [-0.05, 0) is 56.0 Å². The van der Waals surface area contributed by atoms with Gasteiger partial charge in [-0.3, -0.25) is 0 Å². The lowest BCUT2D eigenvalue weighted by molar-refractivity contribution is -0.188. The molecular weight excluding hydrogens is 478 g/mol. The molecule has 0 bridgehead atoms. The van der Waals surface area contributed by atoms with Crippen molar-refractivity contribution in [1.82, 2.24) is 0 Å².